The Morgan fingerprint density at radius 2 is 1.33 bits per heavy atom. The summed E-state index contributed by atoms with van der Waals surface area (Å²) in [6, 6.07) is 15.3. The van der Waals surface area contributed by atoms with Crippen molar-refractivity contribution in [2.45, 2.75) is 19.9 Å². The third-order valence-corrected chi connectivity index (χ3v) is 2.82. The van der Waals surface area contributed by atoms with Crippen LogP contribution in [0.15, 0.2) is 48.5 Å². The third kappa shape index (κ3) is 2.56. The molecule has 2 aromatic rings. The Morgan fingerprint density at radius 3 is 1.78 bits per heavy atom. The summed E-state index contributed by atoms with van der Waals surface area (Å²) in [6.07, 6.45) is 0. The quantitative estimate of drug-likeness (QED) is 0.810. The maximum absolute atomic E-state index is 9.35. The van der Waals surface area contributed by atoms with E-state index in [2.05, 4.69) is 18.7 Å². The zero-order valence-corrected chi connectivity index (χ0v) is 10.7. The minimum absolute atomic E-state index is 0.278. The summed E-state index contributed by atoms with van der Waals surface area (Å²) in [4.78, 5) is 2.19. The number of nitrogens with two attached hydrogens (primary N) is 1. The first-order valence-electron chi connectivity index (χ1n) is 6.02. The van der Waals surface area contributed by atoms with Crippen LogP contribution >= 0.6 is 0 Å². The molecule has 94 valence electrons. The lowest BCUT2D eigenvalue weighted by atomic mass is 10.2. The number of rotatable bonds is 3. The molecule has 0 atom stereocenters. The van der Waals surface area contributed by atoms with Crippen LogP contribution in [-0.4, -0.2) is 11.1 Å². The first-order chi connectivity index (χ1) is 8.58. The molecule has 0 aromatic heterocycles. The average Bonchev–Trinajstić information content (AvgIpc) is 2.34. The summed E-state index contributed by atoms with van der Waals surface area (Å²) in [7, 11) is 0. The van der Waals surface area contributed by atoms with Crippen molar-refractivity contribution in [1.82, 2.24) is 0 Å². The lowest BCUT2D eigenvalue weighted by molar-refractivity contribution is 0.475. The van der Waals surface area contributed by atoms with Crippen molar-refractivity contribution in [3.8, 4) is 5.75 Å². The highest BCUT2D eigenvalue weighted by atomic mass is 16.3. The van der Waals surface area contributed by atoms with Crippen molar-refractivity contribution in [3.05, 3.63) is 48.5 Å². The third-order valence-electron chi connectivity index (χ3n) is 2.82. The van der Waals surface area contributed by atoms with Crippen molar-refractivity contribution < 1.29 is 5.11 Å². The summed E-state index contributed by atoms with van der Waals surface area (Å²) in [5, 5.41) is 9.35. The maximum Gasteiger partial charge on any atom is 0.115 e. The van der Waals surface area contributed by atoms with Gasteiger partial charge in [0.25, 0.3) is 0 Å². The number of anilines is 3. The Kier molecular flexibility index (Phi) is 3.42. The molecule has 0 heterocycles. The molecule has 0 bridgehead atoms. The average molecular weight is 242 g/mol. The largest absolute Gasteiger partial charge is 0.508 e. The lowest BCUT2D eigenvalue weighted by Crippen LogP contribution is -2.25. The number of phenols is 1. The molecule has 0 saturated carbocycles. The van der Waals surface area contributed by atoms with Crippen molar-refractivity contribution in [2.75, 3.05) is 10.6 Å². The summed E-state index contributed by atoms with van der Waals surface area (Å²) < 4.78 is 0. The highest BCUT2D eigenvalue weighted by Gasteiger charge is 2.12. The van der Waals surface area contributed by atoms with E-state index in [-0.39, 0.29) is 5.75 Å². The Balaban J connectivity index is 2.39. The number of hydrogen-bond donors (Lipinski definition) is 2. The number of nitrogens with zero attached hydrogens (tertiary/aromatic N) is 1. The standard InChI is InChI=1S/C15H18N2O/c1-11(2)17(13-5-3-12(16)4-6-13)14-7-9-15(18)10-8-14/h3-11,18H,16H2,1-2H3. The van der Waals surface area contributed by atoms with E-state index in [1.54, 1.807) is 12.1 Å². The second-order valence-corrected chi connectivity index (χ2v) is 4.57. The van der Waals surface area contributed by atoms with Crippen LogP contribution in [0.25, 0.3) is 0 Å². The molecule has 3 N–H and O–H groups in total. The van der Waals surface area contributed by atoms with E-state index in [9.17, 15) is 5.11 Å². The van der Waals surface area contributed by atoms with E-state index < -0.39 is 0 Å². The van der Waals surface area contributed by atoms with Gasteiger partial charge in [0.05, 0.1) is 0 Å². The Morgan fingerprint density at radius 1 is 0.889 bits per heavy atom. The number of phenolic OH excluding ortho intramolecular Hbond substituents is 1. The highest BCUT2D eigenvalue weighted by molar-refractivity contribution is 5.66. The van der Waals surface area contributed by atoms with Gasteiger partial charge >= 0.3 is 0 Å². The molecule has 2 rings (SSSR count). The van der Waals surface area contributed by atoms with Crippen molar-refractivity contribution in [2.24, 2.45) is 0 Å². The molecule has 0 radical (unpaired) electrons. The van der Waals surface area contributed by atoms with Gasteiger partial charge in [-0.3, -0.25) is 0 Å². The SMILES string of the molecule is CC(C)N(c1ccc(N)cc1)c1ccc(O)cc1. The molecule has 3 nitrogen and oxygen atoms in total. The molecule has 0 aliphatic rings. The minimum Gasteiger partial charge on any atom is -0.508 e. The van der Waals surface area contributed by atoms with Gasteiger partial charge in [-0.05, 0) is 62.4 Å². The number of hydrogen-bond acceptors (Lipinski definition) is 3. The van der Waals surface area contributed by atoms with Crippen LogP contribution in [0.3, 0.4) is 0 Å². The normalized spacial score (nSPS) is 10.6. The molecule has 0 spiro atoms. The van der Waals surface area contributed by atoms with Gasteiger partial charge in [-0.15, -0.1) is 0 Å². The molecule has 0 aliphatic heterocycles. The van der Waals surface area contributed by atoms with Crippen LogP contribution in [0.1, 0.15) is 13.8 Å². The summed E-state index contributed by atoms with van der Waals surface area (Å²) >= 11 is 0. The fourth-order valence-corrected chi connectivity index (χ4v) is 1.99. The summed E-state index contributed by atoms with van der Waals surface area (Å²) in [5.74, 6) is 0.278. The van der Waals surface area contributed by atoms with Crippen LogP contribution in [0.4, 0.5) is 17.1 Å². The molecule has 0 unspecified atom stereocenters. The molecule has 18 heavy (non-hydrogen) atoms. The van der Waals surface area contributed by atoms with Crippen LogP contribution in [0.5, 0.6) is 5.75 Å². The van der Waals surface area contributed by atoms with Crippen LogP contribution in [0.2, 0.25) is 0 Å². The lowest BCUT2D eigenvalue weighted by Gasteiger charge is -2.29. The monoisotopic (exact) mass is 242 g/mol. The topological polar surface area (TPSA) is 49.5 Å². The van der Waals surface area contributed by atoms with Gasteiger partial charge in [0.1, 0.15) is 5.75 Å². The first-order valence-corrected chi connectivity index (χ1v) is 6.02. The Hall–Kier alpha value is -2.16. The zero-order valence-electron chi connectivity index (χ0n) is 10.7. The van der Waals surface area contributed by atoms with Gasteiger partial charge in [-0.2, -0.15) is 0 Å². The number of aromatic hydroxyl groups is 1. The minimum atomic E-state index is 0.278. The van der Waals surface area contributed by atoms with E-state index in [4.69, 9.17) is 5.73 Å². The molecule has 0 aliphatic carbocycles. The molecule has 0 fully saturated rings. The molecule has 0 saturated heterocycles. The second-order valence-electron chi connectivity index (χ2n) is 4.57. The van der Waals surface area contributed by atoms with Crippen LogP contribution in [-0.2, 0) is 0 Å². The number of nitrogen functional groups attached to an aromatic ring is 1. The fourth-order valence-electron chi connectivity index (χ4n) is 1.99. The van der Waals surface area contributed by atoms with Crippen molar-refractivity contribution in [1.29, 1.82) is 0 Å². The van der Waals surface area contributed by atoms with E-state index in [1.165, 1.54) is 0 Å². The predicted octanol–water partition coefficient (Wildman–Crippen LogP) is 3.52. The maximum atomic E-state index is 9.35. The molecule has 2 aromatic carbocycles. The van der Waals surface area contributed by atoms with Gasteiger partial charge < -0.3 is 15.7 Å². The zero-order chi connectivity index (χ0) is 13.1. The fraction of sp³-hybridized carbons (Fsp3) is 0.200. The van der Waals surface area contributed by atoms with E-state index in [1.807, 2.05) is 36.4 Å². The van der Waals surface area contributed by atoms with E-state index in [0.717, 1.165) is 17.1 Å². The first kappa shape index (κ1) is 12.3. The van der Waals surface area contributed by atoms with Crippen LogP contribution in [0, 0.1) is 0 Å². The van der Waals surface area contributed by atoms with Gasteiger partial charge in [-0.25, -0.2) is 0 Å². The van der Waals surface area contributed by atoms with Gasteiger partial charge in [0.2, 0.25) is 0 Å². The number of benzene rings is 2. The Bertz CT molecular complexity index is 458. The second kappa shape index (κ2) is 5.00. The van der Waals surface area contributed by atoms with Gasteiger partial charge in [0, 0.05) is 23.1 Å². The van der Waals surface area contributed by atoms with Crippen molar-refractivity contribution >= 4 is 17.1 Å². The van der Waals surface area contributed by atoms with Crippen molar-refractivity contribution in [3.63, 3.8) is 0 Å². The smallest absolute Gasteiger partial charge is 0.115 e. The van der Waals surface area contributed by atoms with E-state index in [0.29, 0.717) is 6.04 Å². The van der Waals surface area contributed by atoms with Gasteiger partial charge in [0.15, 0.2) is 0 Å². The van der Waals surface area contributed by atoms with E-state index >= 15 is 0 Å². The summed E-state index contributed by atoms with van der Waals surface area (Å²) in [6.45, 7) is 4.26. The molecular formula is C15H18N2O. The molecule has 3 heteroatoms. The predicted molar refractivity (Wildman–Crippen MR) is 76.2 cm³/mol. The molecule has 0 amide bonds. The highest BCUT2D eigenvalue weighted by Crippen LogP contribution is 2.29. The van der Waals surface area contributed by atoms with Crippen LogP contribution < -0.4 is 10.6 Å². The summed E-state index contributed by atoms with van der Waals surface area (Å²) in [5.41, 5.74) is 8.60. The Labute approximate surface area is 107 Å². The molecular weight excluding hydrogens is 224 g/mol. The van der Waals surface area contributed by atoms with Gasteiger partial charge in [-0.1, -0.05) is 0 Å².